The van der Waals surface area contributed by atoms with Crippen molar-refractivity contribution in [1.29, 1.82) is 0 Å². The molecule has 0 unspecified atom stereocenters. The first-order valence-electron chi connectivity index (χ1n) is 10.8. The Morgan fingerprint density at radius 3 is 1.72 bits per heavy atom. The lowest BCUT2D eigenvalue weighted by Crippen LogP contribution is -2.32. The summed E-state index contributed by atoms with van der Waals surface area (Å²) in [6.07, 6.45) is 1.05. The van der Waals surface area contributed by atoms with Crippen LogP contribution in [0.3, 0.4) is 0 Å². The Bertz CT molecular complexity index is 417. The van der Waals surface area contributed by atoms with E-state index in [1.807, 2.05) is 0 Å². The number of carbonyl (C=O) groups excluding carboxylic acids is 1. The third-order valence-corrected chi connectivity index (χ3v) is 6.27. The number of nitrogens with one attached hydrogen (secondary N) is 1. The van der Waals surface area contributed by atoms with Crippen molar-refractivity contribution in [3.63, 3.8) is 0 Å². The van der Waals surface area contributed by atoms with Gasteiger partial charge in [0.05, 0.1) is 52.0 Å². The van der Waals surface area contributed by atoms with E-state index in [0.717, 1.165) is 13.0 Å². The highest BCUT2D eigenvalue weighted by atomic mass is 32.2. The Kier molecular flexibility index (Phi) is 16.2. The standard InChI is InChI=1S/C22H45NO5S.H2/c1-19(2)22(6,7)29-18-20(24)23-9-11-26-13-15-28-17-16-27-14-12-25-10-8-21(3,4)5;/h19H,8-18H2,1-7H3,(H,23,24);1H. The monoisotopic (exact) mass is 437 g/mol. The lowest BCUT2D eigenvalue weighted by atomic mass is 9.93. The van der Waals surface area contributed by atoms with Gasteiger partial charge >= 0.3 is 0 Å². The van der Waals surface area contributed by atoms with Crippen LogP contribution in [0.5, 0.6) is 0 Å². The van der Waals surface area contributed by atoms with Crippen molar-refractivity contribution in [3.8, 4) is 0 Å². The van der Waals surface area contributed by atoms with Gasteiger partial charge in [0.2, 0.25) is 5.91 Å². The minimum absolute atomic E-state index is 0. The van der Waals surface area contributed by atoms with E-state index in [9.17, 15) is 4.79 Å². The van der Waals surface area contributed by atoms with Gasteiger partial charge in [-0.3, -0.25) is 4.79 Å². The fourth-order valence-corrected chi connectivity index (χ4v) is 2.81. The van der Waals surface area contributed by atoms with E-state index in [2.05, 4.69) is 53.8 Å². The molecule has 0 saturated heterocycles. The highest BCUT2D eigenvalue weighted by Gasteiger charge is 2.23. The normalized spacial score (nSPS) is 12.6. The molecule has 176 valence electrons. The van der Waals surface area contributed by atoms with Gasteiger partial charge in [-0.05, 0) is 17.8 Å². The second-order valence-corrected chi connectivity index (χ2v) is 10.8. The van der Waals surface area contributed by atoms with E-state index in [4.69, 9.17) is 18.9 Å². The van der Waals surface area contributed by atoms with Gasteiger partial charge in [-0.1, -0.05) is 48.5 Å². The second-order valence-electron chi connectivity index (χ2n) is 9.16. The van der Waals surface area contributed by atoms with Gasteiger partial charge in [0.15, 0.2) is 0 Å². The molecule has 29 heavy (non-hydrogen) atoms. The predicted octanol–water partition coefficient (Wildman–Crippen LogP) is 4.02. The zero-order valence-corrected chi connectivity index (χ0v) is 20.6. The number of carbonyl (C=O) groups is 1. The summed E-state index contributed by atoms with van der Waals surface area (Å²) >= 11 is 1.69. The molecule has 0 saturated carbocycles. The summed E-state index contributed by atoms with van der Waals surface area (Å²) in [6.45, 7) is 20.5. The van der Waals surface area contributed by atoms with Gasteiger partial charge in [-0.2, -0.15) is 0 Å². The van der Waals surface area contributed by atoms with Gasteiger partial charge in [0.1, 0.15) is 0 Å². The minimum atomic E-state index is 0. The first kappa shape index (κ1) is 28.7. The fourth-order valence-electron chi connectivity index (χ4n) is 1.87. The topological polar surface area (TPSA) is 66.0 Å². The molecule has 0 aromatic heterocycles. The Balaban J connectivity index is 0. The summed E-state index contributed by atoms with van der Waals surface area (Å²) in [6, 6.07) is 0. The van der Waals surface area contributed by atoms with Gasteiger partial charge < -0.3 is 24.3 Å². The zero-order valence-electron chi connectivity index (χ0n) is 19.8. The summed E-state index contributed by atoms with van der Waals surface area (Å²) in [5.74, 6) is 1.07. The lowest BCUT2D eigenvalue weighted by Gasteiger charge is -2.28. The predicted molar refractivity (Wildman–Crippen MR) is 124 cm³/mol. The Hall–Kier alpha value is -0.340. The number of rotatable bonds is 18. The number of hydrogen-bond donors (Lipinski definition) is 1. The van der Waals surface area contributed by atoms with Gasteiger partial charge in [-0.25, -0.2) is 0 Å². The van der Waals surface area contributed by atoms with Crippen LogP contribution in [0.1, 0.15) is 56.3 Å². The highest BCUT2D eigenvalue weighted by Crippen LogP contribution is 2.31. The maximum absolute atomic E-state index is 11.8. The number of amides is 1. The van der Waals surface area contributed by atoms with Crippen molar-refractivity contribution in [2.24, 2.45) is 11.3 Å². The van der Waals surface area contributed by atoms with E-state index in [-0.39, 0.29) is 12.1 Å². The van der Waals surface area contributed by atoms with Crippen LogP contribution in [-0.4, -0.2) is 75.8 Å². The average Bonchev–Trinajstić information content (AvgIpc) is 2.62. The molecular weight excluding hydrogens is 390 g/mol. The van der Waals surface area contributed by atoms with Crippen LogP contribution in [0.2, 0.25) is 0 Å². The van der Waals surface area contributed by atoms with Gasteiger partial charge in [-0.15, -0.1) is 11.8 Å². The number of thioether (sulfide) groups is 1. The van der Waals surface area contributed by atoms with Gasteiger partial charge in [0, 0.05) is 19.3 Å². The molecule has 0 heterocycles. The van der Waals surface area contributed by atoms with E-state index in [0.29, 0.717) is 69.9 Å². The van der Waals surface area contributed by atoms with E-state index < -0.39 is 0 Å². The molecule has 0 atom stereocenters. The average molecular weight is 438 g/mol. The number of hydrogen-bond acceptors (Lipinski definition) is 6. The maximum Gasteiger partial charge on any atom is 0.230 e. The quantitative estimate of drug-likeness (QED) is 0.327. The minimum Gasteiger partial charge on any atom is -0.379 e. The van der Waals surface area contributed by atoms with Gasteiger partial charge in [0.25, 0.3) is 0 Å². The van der Waals surface area contributed by atoms with Crippen LogP contribution in [0.25, 0.3) is 0 Å². The lowest BCUT2D eigenvalue weighted by molar-refractivity contribution is -0.118. The highest BCUT2D eigenvalue weighted by molar-refractivity contribution is 8.01. The van der Waals surface area contributed by atoms with Crippen LogP contribution in [0.15, 0.2) is 0 Å². The van der Waals surface area contributed by atoms with Crippen molar-refractivity contribution in [2.45, 2.75) is 59.6 Å². The smallest absolute Gasteiger partial charge is 0.230 e. The Labute approximate surface area is 184 Å². The Morgan fingerprint density at radius 1 is 0.828 bits per heavy atom. The third-order valence-electron chi connectivity index (χ3n) is 4.65. The van der Waals surface area contributed by atoms with Crippen LogP contribution in [0.4, 0.5) is 0 Å². The molecular formula is C22H47NO5S. The maximum atomic E-state index is 11.8. The molecule has 0 radical (unpaired) electrons. The summed E-state index contributed by atoms with van der Waals surface area (Å²) in [7, 11) is 0. The SMILES string of the molecule is CC(C)C(C)(C)SCC(=O)NCCOCCOCCOCCOCCC(C)(C)C.[HH]. The third kappa shape index (κ3) is 19.4. The largest absolute Gasteiger partial charge is 0.379 e. The van der Waals surface area contributed by atoms with Crippen molar-refractivity contribution < 1.29 is 25.2 Å². The van der Waals surface area contributed by atoms with E-state index >= 15 is 0 Å². The molecule has 0 aliphatic heterocycles. The summed E-state index contributed by atoms with van der Waals surface area (Å²) in [5, 5.41) is 2.88. The fraction of sp³-hybridized carbons (Fsp3) is 0.955. The molecule has 0 spiro atoms. The first-order valence-corrected chi connectivity index (χ1v) is 11.7. The molecule has 0 aliphatic carbocycles. The number of ether oxygens (including phenoxy) is 4. The summed E-state index contributed by atoms with van der Waals surface area (Å²) < 4.78 is 22.0. The molecule has 0 aromatic carbocycles. The molecule has 0 fully saturated rings. The van der Waals surface area contributed by atoms with E-state index in [1.54, 1.807) is 11.8 Å². The van der Waals surface area contributed by atoms with Crippen molar-refractivity contribution in [3.05, 3.63) is 0 Å². The van der Waals surface area contributed by atoms with Crippen molar-refractivity contribution >= 4 is 17.7 Å². The molecule has 6 nitrogen and oxygen atoms in total. The molecule has 0 bridgehead atoms. The van der Waals surface area contributed by atoms with Crippen molar-refractivity contribution in [2.75, 3.05) is 65.2 Å². The molecule has 1 amide bonds. The first-order chi connectivity index (χ1) is 13.5. The Morgan fingerprint density at radius 2 is 1.28 bits per heavy atom. The van der Waals surface area contributed by atoms with Crippen LogP contribution in [-0.2, 0) is 23.7 Å². The van der Waals surface area contributed by atoms with E-state index in [1.165, 1.54) is 0 Å². The zero-order chi connectivity index (χ0) is 22.2. The molecule has 1 N–H and O–H groups in total. The van der Waals surface area contributed by atoms with Crippen molar-refractivity contribution in [1.82, 2.24) is 5.32 Å². The van der Waals surface area contributed by atoms with Crippen LogP contribution >= 0.6 is 11.8 Å². The van der Waals surface area contributed by atoms with Crippen LogP contribution < -0.4 is 5.32 Å². The summed E-state index contributed by atoms with van der Waals surface area (Å²) in [5.41, 5.74) is 0.312. The summed E-state index contributed by atoms with van der Waals surface area (Å²) in [4.78, 5) is 11.8. The molecule has 7 heteroatoms. The molecule has 0 aliphatic rings. The second kappa shape index (κ2) is 16.4. The molecule has 0 rings (SSSR count). The molecule has 0 aromatic rings. The van der Waals surface area contributed by atoms with Crippen LogP contribution in [0, 0.1) is 11.3 Å².